The van der Waals surface area contributed by atoms with E-state index in [-0.39, 0.29) is 0 Å². The molecule has 1 nitrogen and oxygen atoms in total. The normalized spacial score (nSPS) is 29.8. The number of hydrogen-bond donors (Lipinski definition) is 0. The number of ether oxygens (including phenoxy) is 1. The molecule has 0 N–H and O–H groups in total. The van der Waals surface area contributed by atoms with Crippen LogP contribution >= 0.6 is 0 Å². The topological polar surface area (TPSA) is 9.23 Å². The van der Waals surface area contributed by atoms with Crippen molar-refractivity contribution in [3.8, 4) is 0 Å². The molecule has 0 aromatic heterocycles. The van der Waals surface area contributed by atoms with Crippen molar-refractivity contribution < 1.29 is 75.0 Å². The van der Waals surface area contributed by atoms with Crippen LogP contribution in [-0.2, 0) is 4.74 Å². The van der Waals surface area contributed by atoms with E-state index in [0.29, 0.717) is 0 Å². The Balaban J connectivity index is 3.77. The monoisotopic (exact) mass is 416 g/mol. The second-order valence-electron chi connectivity index (χ2n) is 4.59. The molecular weight excluding hydrogens is 416 g/mol. The highest BCUT2D eigenvalue weighted by atomic mass is 19.4. The Morgan fingerprint density at radius 3 is 1.12 bits per heavy atom. The maximum atomic E-state index is 13.5. The van der Waals surface area contributed by atoms with Crippen molar-refractivity contribution in [1.29, 1.82) is 0 Å². The Labute approximate surface area is 124 Å². The molecule has 150 valence electrons. The first kappa shape index (κ1) is 21.9. The third-order valence-corrected chi connectivity index (χ3v) is 3.03. The van der Waals surface area contributed by atoms with Gasteiger partial charge in [-0.05, 0) is 0 Å². The largest absolute Gasteiger partial charge is 0.460 e. The summed E-state index contributed by atoms with van der Waals surface area (Å²) in [7, 11) is 0. The van der Waals surface area contributed by atoms with Crippen molar-refractivity contribution in [1.82, 2.24) is 0 Å². The Bertz CT molecular complexity index is 545. The van der Waals surface area contributed by atoms with Gasteiger partial charge in [-0.3, -0.25) is 0 Å². The molecule has 0 aromatic carbocycles. The summed E-state index contributed by atoms with van der Waals surface area (Å²) in [5, 5.41) is 0. The summed E-state index contributed by atoms with van der Waals surface area (Å²) in [4.78, 5) is 0. The van der Waals surface area contributed by atoms with Crippen molar-refractivity contribution in [2.75, 3.05) is 0 Å². The Morgan fingerprint density at radius 1 is 0.520 bits per heavy atom. The molecule has 1 fully saturated rings. The zero-order valence-electron chi connectivity index (χ0n) is 10.5. The van der Waals surface area contributed by atoms with E-state index in [0.717, 1.165) is 0 Å². The van der Waals surface area contributed by atoms with Crippen molar-refractivity contribution in [2.45, 2.75) is 47.8 Å². The van der Waals surface area contributed by atoms with Gasteiger partial charge in [-0.2, -0.15) is 65.9 Å². The summed E-state index contributed by atoms with van der Waals surface area (Å²) >= 11 is 0. The Hall–Kier alpha value is -1.16. The van der Waals surface area contributed by atoms with Crippen LogP contribution in [0.15, 0.2) is 0 Å². The summed E-state index contributed by atoms with van der Waals surface area (Å²) in [5.74, 6) is -32.5. The molecule has 0 unspecified atom stereocenters. The van der Waals surface area contributed by atoms with Crippen molar-refractivity contribution in [3.63, 3.8) is 0 Å². The molecule has 0 spiro atoms. The van der Waals surface area contributed by atoms with Gasteiger partial charge in [0, 0.05) is 0 Å². The highest BCUT2D eigenvalue weighted by Crippen LogP contribution is 2.69. The van der Waals surface area contributed by atoms with E-state index in [1.54, 1.807) is 4.74 Å². The van der Waals surface area contributed by atoms with Gasteiger partial charge in [-0.1, -0.05) is 0 Å². The fraction of sp³-hybridized carbons (Fsp3) is 1.00. The van der Waals surface area contributed by atoms with Crippen LogP contribution in [0, 0.1) is 0 Å². The van der Waals surface area contributed by atoms with E-state index in [4.69, 9.17) is 0 Å². The number of alkyl halides is 16. The molecule has 1 heterocycles. The molecule has 1 aliphatic rings. The summed E-state index contributed by atoms with van der Waals surface area (Å²) in [6.45, 7) is 0. The number of halogens is 16. The smallest absolute Gasteiger partial charge is 0.247 e. The zero-order chi connectivity index (χ0) is 20.7. The van der Waals surface area contributed by atoms with Crippen LogP contribution in [0.2, 0.25) is 0 Å². The molecule has 1 aliphatic heterocycles. The first-order valence-electron chi connectivity index (χ1n) is 5.18. The fourth-order valence-electron chi connectivity index (χ4n) is 1.65. The van der Waals surface area contributed by atoms with Gasteiger partial charge in [0.2, 0.25) is 0 Å². The van der Waals surface area contributed by atoms with Gasteiger partial charge in [0.1, 0.15) is 0 Å². The summed E-state index contributed by atoms with van der Waals surface area (Å²) in [6.07, 6.45) is -21.9. The SMILES string of the molecule is FC(F)(F)C(F)(F)C(F)(F)C(F)(F)[C@@]1(F)C(F)(F)OC(F)(F)C1(F)F. The quantitative estimate of drug-likeness (QED) is 0.588. The van der Waals surface area contributed by atoms with Gasteiger partial charge in [-0.25, -0.2) is 9.13 Å². The standard InChI is InChI=1S/C8F16O/c9-1(3(12,13)8(23,24)25-7(1,21)22)2(10,11)4(14,15)5(16,17)6(18,19)20/t1-/m0/s1. The van der Waals surface area contributed by atoms with Crippen LogP contribution in [-0.4, -0.2) is 47.8 Å². The van der Waals surface area contributed by atoms with E-state index < -0.39 is 47.8 Å². The van der Waals surface area contributed by atoms with Crippen molar-refractivity contribution >= 4 is 0 Å². The van der Waals surface area contributed by atoms with E-state index >= 15 is 0 Å². The fourth-order valence-corrected chi connectivity index (χ4v) is 1.65. The van der Waals surface area contributed by atoms with Gasteiger partial charge < -0.3 is 0 Å². The Morgan fingerprint density at radius 2 is 0.880 bits per heavy atom. The van der Waals surface area contributed by atoms with Gasteiger partial charge in [0.05, 0.1) is 0 Å². The highest BCUT2D eigenvalue weighted by Gasteiger charge is 3.02. The highest BCUT2D eigenvalue weighted by molar-refractivity contribution is 5.22. The van der Waals surface area contributed by atoms with Gasteiger partial charge in [0.25, 0.3) is 0 Å². The summed E-state index contributed by atoms with van der Waals surface area (Å²) in [6, 6.07) is 0. The lowest BCUT2D eigenvalue weighted by Crippen LogP contribution is -2.75. The minimum absolute atomic E-state index is 1.62. The molecule has 1 rings (SSSR count). The van der Waals surface area contributed by atoms with Crippen molar-refractivity contribution in [3.05, 3.63) is 0 Å². The maximum Gasteiger partial charge on any atom is 0.460 e. The molecule has 25 heavy (non-hydrogen) atoms. The van der Waals surface area contributed by atoms with Crippen LogP contribution < -0.4 is 0 Å². The third kappa shape index (κ3) is 2.16. The van der Waals surface area contributed by atoms with Gasteiger partial charge in [0.15, 0.2) is 0 Å². The minimum atomic E-state index is -8.40. The molecule has 1 saturated heterocycles. The first-order chi connectivity index (χ1) is 10.5. The molecule has 17 heteroatoms. The minimum Gasteiger partial charge on any atom is -0.247 e. The summed E-state index contributed by atoms with van der Waals surface area (Å²) in [5.41, 5.74) is -7.98. The third-order valence-electron chi connectivity index (χ3n) is 3.03. The van der Waals surface area contributed by atoms with E-state index in [9.17, 15) is 70.2 Å². The average molecular weight is 416 g/mol. The van der Waals surface area contributed by atoms with Crippen LogP contribution in [0.4, 0.5) is 70.2 Å². The lowest BCUT2D eigenvalue weighted by molar-refractivity contribution is -0.442. The molecule has 0 aliphatic carbocycles. The molecule has 0 saturated carbocycles. The Kier molecular flexibility index (Phi) is 4.17. The van der Waals surface area contributed by atoms with Gasteiger partial charge in [-0.15, -0.1) is 0 Å². The van der Waals surface area contributed by atoms with Crippen LogP contribution in [0.5, 0.6) is 0 Å². The average Bonchev–Trinajstić information content (AvgIpc) is 2.42. The second-order valence-corrected chi connectivity index (χ2v) is 4.59. The second kappa shape index (κ2) is 4.76. The number of hydrogen-bond acceptors (Lipinski definition) is 1. The zero-order valence-corrected chi connectivity index (χ0v) is 10.5. The van der Waals surface area contributed by atoms with Crippen molar-refractivity contribution in [2.24, 2.45) is 0 Å². The van der Waals surface area contributed by atoms with Gasteiger partial charge >= 0.3 is 47.8 Å². The molecule has 1 atom stereocenters. The van der Waals surface area contributed by atoms with Crippen LogP contribution in [0.3, 0.4) is 0 Å². The predicted octanol–water partition coefficient (Wildman–Crippen LogP) is 5.01. The number of rotatable bonds is 3. The lowest BCUT2D eigenvalue weighted by atomic mass is 9.84. The maximum absolute atomic E-state index is 13.5. The first-order valence-corrected chi connectivity index (χ1v) is 5.18. The lowest BCUT2D eigenvalue weighted by Gasteiger charge is -2.41. The van der Waals surface area contributed by atoms with Crippen LogP contribution in [0.25, 0.3) is 0 Å². The van der Waals surface area contributed by atoms with E-state index in [1.807, 2.05) is 0 Å². The molecule has 0 bridgehead atoms. The molecule has 0 aromatic rings. The van der Waals surface area contributed by atoms with E-state index in [1.165, 1.54) is 0 Å². The van der Waals surface area contributed by atoms with Crippen LogP contribution in [0.1, 0.15) is 0 Å². The predicted molar refractivity (Wildman–Crippen MR) is 40.7 cm³/mol. The molecular formula is C8F16O. The molecule has 0 amide bonds. The van der Waals surface area contributed by atoms with E-state index in [2.05, 4.69) is 0 Å². The molecule has 0 radical (unpaired) electrons. The summed E-state index contributed by atoms with van der Waals surface area (Å²) < 4.78 is 204.